The topological polar surface area (TPSA) is 76.5 Å². The number of nitrogens with one attached hydrogen (secondary N) is 1. The normalized spacial score (nSPS) is 17.9. The maximum Gasteiger partial charge on any atom is 0.277 e. The number of rotatable bonds is 5. The van der Waals surface area contributed by atoms with E-state index < -0.39 is 5.54 Å². The lowest BCUT2D eigenvalue weighted by molar-refractivity contribution is -0.126. The molecule has 0 spiro atoms. The van der Waals surface area contributed by atoms with Gasteiger partial charge in [-0.05, 0) is 49.7 Å². The Bertz CT molecular complexity index is 1140. The third-order valence-corrected chi connectivity index (χ3v) is 5.71. The molecule has 31 heavy (non-hydrogen) atoms. The smallest absolute Gasteiger partial charge is 0.277 e. The van der Waals surface area contributed by atoms with Gasteiger partial charge < -0.3 is 10.1 Å². The van der Waals surface area contributed by atoms with Gasteiger partial charge in [0.2, 0.25) is 5.91 Å². The summed E-state index contributed by atoms with van der Waals surface area (Å²) in [6, 6.07) is 16.2. The number of aromatic nitrogens is 2. The Morgan fingerprint density at radius 2 is 1.94 bits per heavy atom. The van der Waals surface area contributed by atoms with Crippen molar-refractivity contribution in [1.29, 1.82) is 0 Å². The number of ether oxygens (including phenoxy) is 1. The lowest BCUT2D eigenvalue weighted by Crippen LogP contribution is -2.64. The van der Waals surface area contributed by atoms with Gasteiger partial charge in [0.15, 0.2) is 0 Å². The Morgan fingerprint density at radius 3 is 2.65 bits per heavy atom. The van der Waals surface area contributed by atoms with Crippen LogP contribution in [0.2, 0.25) is 5.02 Å². The number of benzene rings is 2. The van der Waals surface area contributed by atoms with Gasteiger partial charge in [0.25, 0.3) is 5.91 Å². The summed E-state index contributed by atoms with van der Waals surface area (Å²) >= 11 is 5.95. The molecule has 0 unspecified atom stereocenters. The van der Waals surface area contributed by atoms with Crippen LogP contribution >= 0.6 is 11.6 Å². The first-order chi connectivity index (χ1) is 14.8. The Hall–Kier alpha value is -3.32. The number of hydrogen-bond acceptors (Lipinski definition) is 4. The largest absolute Gasteiger partial charge is 0.495 e. The number of methoxy groups -OCH3 is 1. The van der Waals surface area contributed by atoms with Gasteiger partial charge in [-0.1, -0.05) is 35.9 Å². The van der Waals surface area contributed by atoms with Crippen molar-refractivity contribution < 1.29 is 14.3 Å². The minimum Gasteiger partial charge on any atom is -0.495 e. The minimum absolute atomic E-state index is 0.215. The molecule has 2 amide bonds. The van der Waals surface area contributed by atoms with Crippen molar-refractivity contribution in [1.82, 2.24) is 15.1 Å². The fourth-order valence-electron chi connectivity index (χ4n) is 3.88. The van der Waals surface area contributed by atoms with Crippen molar-refractivity contribution >= 4 is 29.1 Å². The second kappa shape index (κ2) is 8.07. The number of halogens is 1. The molecule has 1 N–H and O–H groups in total. The van der Waals surface area contributed by atoms with Crippen LogP contribution in [-0.4, -0.2) is 34.2 Å². The summed E-state index contributed by atoms with van der Waals surface area (Å²) in [7, 11) is 1.54. The molecule has 2 aromatic carbocycles. The summed E-state index contributed by atoms with van der Waals surface area (Å²) in [5.41, 5.74) is 1.37. The molecule has 160 valence electrons. The van der Waals surface area contributed by atoms with Crippen molar-refractivity contribution in [2.45, 2.75) is 32.5 Å². The van der Waals surface area contributed by atoms with Gasteiger partial charge in [0.1, 0.15) is 17.0 Å². The molecule has 0 saturated carbocycles. The highest BCUT2D eigenvalue weighted by Gasteiger charge is 2.49. The molecule has 0 bridgehead atoms. The molecule has 1 aliphatic heterocycles. The number of anilines is 1. The maximum atomic E-state index is 13.5. The second-order valence-electron chi connectivity index (χ2n) is 7.72. The SMILES string of the molecule is COc1ccccc1N1C(=O)c2cc(C)nn2C[C@@]1(C)C(=O)NCc1ccc(Cl)cc1. The summed E-state index contributed by atoms with van der Waals surface area (Å²) in [5, 5.41) is 8.02. The second-order valence-corrected chi connectivity index (χ2v) is 8.16. The number of carbonyl (C=O) groups is 2. The van der Waals surface area contributed by atoms with E-state index in [0.29, 0.717) is 34.4 Å². The van der Waals surface area contributed by atoms with Gasteiger partial charge in [-0.2, -0.15) is 5.10 Å². The average Bonchev–Trinajstić information content (AvgIpc) is 3.13. The Labute approximate surface area is 185 Å². The number of nitrogens with zero attached hydrogens (tertiary/aromatic N) is 3. The monoisotopic (exact) mass is 438 g/mol. The maximum absolute atomic E-state index is 13.5. The zero-order chi connectivity index (χ0) is 22.2. The average molecular weight is 439 g/mol. The highest BCUT2D eigenvalue weighted by Crippen LogP contribution is 2.38. The van der Waals surface area contributed by atoms with Crippen molar-refractivity contribution in [2.24, 2.45) is 0 Å². The number of hydrogen-bond donors (Lipinski definition) is 1. The van der Waals surface area contributed by atoms with E-state index in [1.807, 2.05) is 31.2 Å². The van der Waals surface area contributed by atoms with Gasteiger partial charge in [0.05, 0.1) is 25.0 Å². The van der Waals surface area contributed by atoms with E-state index in [1.165, 1.54) is 4.90 Å². The zero-order valence-corrected chi connectivity index (χ0v) is 18.3. The molecule has 0 saturated heterocycles. The van der Waals surface area contributed by atoms with Crippen LogP contribution < -0.4 is 15.0 Å². The summed E-state index contributed by atoms with van der Waals surface area (Å²) in [5.74, 6) is -0.0849. The van der Waals surface area contributed by atoms with E-state index in [-0.39, 0.29) is 18.4 Å². The third kappa shape index (κ3) is 3.77. The molecule has 7 nitrogen and oxygen atoms in total. The number of aryl methyl sites for hydroxylation is 1. The first kappa shape index (κ1) is 20.9. The van der Waals surface area contributed by atoms with Gasteiger partial charge >= 0.3 is 0 Å². The van der Waals surface area contributed by atoms with Crippen molar-refractivity contribution in [3.8, 4) is 5.75 Å². The molecule has 1 atom stereocenters. The van der Waals surface area contributed by atoms with Crippen LogP contribution in [0.25, 0.3) is 0 Å². The van der Waals surface area contributed by atoms with Crippen LogP contribution in [0, 0.1) is 6.92 Å². The first-order valence-electron chi connectivity index (χ1n) is 9.88. The first-order valence-corrected chi connectivity index (χ1v) is 10.3. The van der Waals surface area contributed by atoms with Crippen LogP contribution in [-0.2, 0) is 17.9 Å². The third-order valence-electron chi connectivity index (χ3n) is 5.46. The molecule has 1 aromatic heterocycles. The fourth-order valence-corrected chi connectivity index (χ4v) is 4.00. The van der Waals surface area contributed by atoms with Gasteiger partial charge in [-0.25, -0.2) is 0 Å². The summed E-state index contributed by atoms with van der Waals surface area (Å²) < 4.78 is 7.10. The Morgan fingerprint density at radius 1 is 1.23 bits per heavy atom. The van der Waals surface area contributed by atoms with Crippen molar-refractivity contribution in [3.05, 3.63) is 76.6 Å². The summed E-state index contributed by atoms with van der Waals surface area (Å²) in [6.07, 6.45) is 0. The number of fused-ring (bicyclic) bond motifs is 1. The minimum atomic E-state index is -1.22. The Balaban J connectivity index is 1.73. The lowest BCUT2D eigenvalue weighted by atomic mass is 9.93. The van der Waals surface area contributed by atoms with Gasteiger partial charge in [-0.15, -0.1) is 0 Å². The molecule has 4 rings (SSSR count). The molecule has 8 heteroatoms. The quantitative estimate of drug-likeness (QED) is 0.660. The van der Waals surface area contributed by atoms with Crippen molar-refractivity contribution in [2.75, 3.05) is 12.0 Å². The number of para-hydroxylation sites is 2. The highest BCUT2D eigenvalue weighted by atomic mass is 35.5. The number of amides is 2. The molecule has 0 radical (unpaired) electrons. The predicted octanol–water partition coefficient (Wildman–Crippen LogP) is 3.59. The highest BCUT2D eigenvalue weighted by molar-refractivity contribution is 6.30. The predicted molar refractivity (Wildman–Crippen MR) is 118 cm³/mol. The van der Waals surface area contributed by atoms with Crippen LogP contribution in [0.1, 0.15) is 28.7 Å². The van der Waals surface area contributed by atoms with Crippen LogP contribution in [0.4, 0.5) is 5.69 Å². The Kier molecular flexibility index (Phi) is 5.45. The lowest BCUT2D eigenvalue weighted by Gasteiger charge is -2.43. The summed E-state index contributed by atoms with van der Waals surface area (Å²) in [4.78, 5) is 28.6. The van der Waals surface area contributed by atoms with Crippen LogP contribution in [0.15, 0.2) is 54.6 Å². The molecule has 2 heterocycles. The van der Waals surface area contributed by atoms with Gasteiger partial charge in [-0.3, -0.25) is 19.2 Å². The van der Waals surface area contributed by atoms with Crippen LogP contribution in [0.3, 0.4) is 0 Å². The van der Waals surface area contributed by atoms with Crippen LogP contribution in [0.5, 0.6) is 5.75 Å². The number of carbonyl (C=O) groups excluding carboxylic acids is 2. The molecule has 1 aliphatic rings. The van der Waals surface area contributed by atoms with E-state index in [9.17, 15) is 9.59 Å². The van der Waals surface area contributed by atoms with E-state index in [4.69, 9.17) is 16.3 Å². The van der Waals surface area contributed by atoms with E-state index in [0.717, 1.165) is 5.56 Å². The fraction of sp³-hybridized carbons (Fsp3) is 0.261. The van der Waals surface area contributed by atoms with E-state index in [1.54, 1.807) is 49.0 Å². The van der Waals surface area contributed by atoms with Crippen molar-refractivity contribution in [3.63, 3.8) is 0 Å². The molecular formula is C23H23ClN4O3. The molecule has 0 fully saturated rings. The van der Waals surface area contributed by atoms with Gasteiger partial charge in [0, 0.05) is 11.6 Å². The van der Waals surface area contributed by atoms with E-state index in [2.05, 4.69) is 10.4 Å². The summed E-state index contributed by atoms with van der Waals surface area (Å²) in [6.45, 7) is 4.09. The molecule has 3 aromatic rings. The zero-order valence-electron chi connectivity index (χ0n) is 17.6. The molecule has 0 aliphatic carbocycles. The molecular weight excluding hydrogens is 416 g/mol. The standard InChI is InChI=1S/C23H23ClN4O3/c1-15-12-19-21(29)28(18-6-4-5-7-20(18)31-3)23(2,14-27(19)26-15)22(30)25-13-16-8-10-17(24)11-9-16/h4-12H,13-14H2,1-3H3,(H,25,30)/t23-/m0/s1. The van der Waals surface area contributed by atoms with E-state index >= 15 is 0 Å².